The van der Waals surface area contributed by atoms with Gasteiger partial charge in [0.15, 0.2) is 0 Å². The summed E-state index contributed by atoms with van der Waals surface area (Å²) in [5.41, 5.74) is 11.9. The van der Waals surface area contributed by atoms with Gasteiger partial charge in [-0.2, -0.15) is 5.10 Å². The maximum absolute atomic E-state index is 5.81. The highest BCUT2D eigenvalue weighted by Crippen LogP contribution is 2.22. The van der Waals surface area contributed by atoms with E-state index in [1.807, 2.05) is 20.8 Å². The van der Waals surface area contributed by atoms with Crippen molar-refractivity contribution in [1.82, 2.24) is 9.78 Å². The Kier molecular flexibility index (Phi) is 5.39. The van der Waals surface area contributed by atoms with Gasteiger partial charge >= 0.3 is 5.97 Å². The first-order chi connectivity index (χ1) is 8.58. The zero-order valence-electron chi connectivity index (χ0n) is 11.2. The lowest BCUT2D eigenvalue weighted by atomic mass is 10.4. The van der Waals surface area contributed by atoms with E-state index < -0.39 is 5.97 Å². The van der Waals surface area contributed by atoms with Crippen LogP contribution in [0, 0.1) is 0 Å². The molecule has 7 heteroatoms. The Balaban J connectivity index is 2.91. The second kappa shape index (κ2) is 6.58. The molecule has 0 atom stereocenters. The molecule has 1 heterocycles. The third-order valence-corrected chi connectivity index (χ3v) is 2.35. The van der Waals surface area contributed by atoms with Crippen LogP contribution in [0.4, 0.5) is 11.5 Å². The average Bonchev–Trinajstić information content (AvgIpc) is 2.62. The molecule has 0 spiro atoms. The van der Waals surface area contributed by atoms with Gasteiger partial charge in [0, 0.05) is 19.8 Å². The van der Waals surface area contributed by atoms with Crippen LogP contribution in [0.5, 0.6) is 0 Å². The fourth-order valence-electron chi connectivity index (χ4n) is 1.64. The van der Waals surface area contributed by atoms with Crippen LogP contribution < -0.4 is 11.5 Å². The number of nitrogens with two attached hydrogens (primary N) is 2. The standard InChI is InChI=1S/C11H22N4O3/c1-4-16-11(17-5-2,18-6-3)8-15-10(13)9(12)7-14-15/h7H,4-6,8,12-13H2,1-3H3. The summed E-state index contributed by atoms with van der Waals surface area (Å²) in [5.74, 6) is -0.802. The third kappa shape index (κ3) is 3.34. The second-order valence-corrected chi connectivity index (χ2v) is 3.62. The minimum absolute atomic E-state index is 0.228. The van der Waals surface area contributed by atoms with Crippen molar-refractivity contribution in [2.75, 3.05) is 31.3 Å². The van der Waals surface area contributed by atoms with E-state index in [0.29, 0.717) is 31.3 Å². The Bertz CT molecular complexity index is 350. The summed E-state index contributed by atoms with van der Waals surface area (Å²) < 4.78 is 18.2. The van der Waals surface area contributed by atoms with E-state index in [9.17, 15) is 0 Å². The predicted molar refractivity (Wildman–Crippen MR) is 68.7 cm³/mol. The van der Waals surface area contributed by atoms with Crippen molar-refractivity contribution in [3.8, 4) is 0 Å². The fraction of sp³-hybridized carbons (Fsp3) is 0.727. The molecule has 1 aromatic rings. The molecular formula is C11H22N4O3. The lowest BCUT2D eigenvalue weighted by Crippen LogP contribution is -2.44. The molecule has 1 rings (SSSR count). The zero-order valence-corrected chi connectivity index (χ0v) is 11.2. The summed E-state index contributed by atoms with van der Waals surface area (Å²) in [6, 6.07) is 0. The quantitative estimate of drug-likeness (QED) is 0.670. The first kappa shape index (κ1) is 14.7. The van der Waals surface area contributed by atoms with Gasteiger partial charge in [-0.25, -0.2) is 4.68 Å². The number of hydrogen-bond donors (Lipinski definition) is 2. The van der Waals surface area contributed by atoms with E-state index in [4.69, 9.17) is 25.7 Å². The highest BCUT2D eigenvalue weighted by Gasteiger charge is 2.34. The van der Waals surface area contributed by atoms with Crippen LogP contribution >= 0.6 is 0 Å². The van der Waals surface area contributed by atoms with Crippen molar-refractivity contribution in [3.05, 3.63) is 6.20 Å². The fourth-order valence-corrected chi connectivity index (χ4v) is 1.64. The van der Waals surface area contributed by atoms with E-state index in [0.717, 1.165) is 0 Å². The lowest BCUT2D eigenvalue weighted by Gasteiger charge is -2.32. The molecule has 18 heavy (non-hydrogen) atoms. The van der Waals surface area contributed by atoms with Crippen LogP contribution in [0.15, 0.2) is 6.20 Å². The van der Waals surface area contributed by atoms with Crippen LogP contribution in [0.2, 0.25) is 0 Å². The Labute approximate surface area is 107 Å². The number of rotatable bonds is 8. The molecule has 0 saturated heterocycles. The van der Waals surface area contributed by atoms with Gasteiger partial charge in [-0.05, 0) is 20.8 Å². The summed E-state index contributed by atoms with van der Waals surface area (Å²) in [4.78, 5) is 0. The number of ether oxygens (including phenoxy) is 3. The van der Waals surface area contributed by atoms with Crippen LogP contribution in [0.3, 0.4) is 0 Å². The van der Waals surface area contributed by atoms with Crippen molar-refractivity contribution in [2.45, 2.75) is 33.3 Å². The van der Waals surface area contributed by atoms with Crippen LogP contribution in [-0.4, -0.2) is 35.6 Å². The third-order valence-electron chi connectivity index (χ3n) is 2.35. The molecule has 104 valence electrons. The first-order valence-electron chi connectivity index (χ1n) is 6.07. The first-order valence-corrected chi connectivity index (χ1v) is 6.07. The molecule has 0 bridgehead atoms. The maximum Gasteiger partial charge on any atom is 0.303 e. The van der Waals surface area contributed by atoms with Crippen molar-refractivity contribution in [2.24, 2.45) is 0 Å². The van der Waals surface area contributed by atoms with Crippen LogP contribution in [0.1, 0.15) is 20.8 Å². The van der Waals surface area contributed by atoms with E-state index >= 15 is 0 Å². The summed E-state index contributed by atoms with van der Waals surface area (Å²) >= 11 is 0. The van der Waals surface area contributed by atoms with Gasteiger partial charge in [-0.3, -0.25) is 0 Å². The molecule has 0 saturated carbocycles. The van der Waals surface area contributed by atoms with E-state index in [1.165, 1.54) is 10.9 Å². The molecule has 4 N–H and O–H groups in total. The minimum atomic E-state index is -1.18. The smallest absolute Gasteiger partial charge is 0.303 e. The largest absolute Gasteiger partial charge is 0.394 e. The van der Waals surface area contributed by atoms with Crippen molar-refractivity contribution < 1.29 is 14.2 Å². The van der Waals surface area contributed by atoms with Gasteiger partial charge in [-0.15, -0.1) is 0 Å². The SMILES string of the molecule is CCOC(Cn1ncc(N)c1N)(OCC)OCC. The molecule has 7 nitrogen and oxygen atoms in total. The minimum Gasteiger partial charge on any atom is -0.394 e. The van der Waals surface area contributed by atoms with Gasteiger partial charge in [0.2, 0.25) is 0 Å². The monoisotopic (exact) mass is 258 g/mol. The topological polar surface area (TPSA) is 97.6 Å². The van der Waals surface area contributed by atoms with Crippen molar-refractivity contribution in [1.29, 1.82) is 0 Å². The van der Waals surface area contributed by atoms with Crippen LogP contribution in [0.25, 0.3) is 0 Å². The Morgan fingerprint density at radius 2 is 1.61 bits per heavy atom. The lowest BCUT2D eigenvalue weighted by molar-refractivity contribution is -0.383. The molecule has 0 fully saturated rings. The Morgan fingerprint density at radius 1 is 1.11 bits per heavy atom. The molecule has 0 radical (unpaired) electrons. The zero-order chi connectivity index (χ0) is 13.6. The van der Waals surface area contributed by atoms with Crippen LogP contribution in [-0.2, 0) is 20.8 Å². The number of hydrogen-bond acceptors (Lipinski definition) is 6. The van der Waals surface area contributed by atoms with Gasteiger partial charge < -0.3 is 25.7 Å². The molecular weight excluding hydrogens is 236 g/mol. The Hall–Kier alpha value is -1.31. The average molecular weight is 258 g/mol. The summed E-state index contributed by atoms with van der Waals surface area (Å²) in [5, 5.41) is 4.07. The number of aromatic nitrogens is 2. The molecule has 0 amide bonds. The highest BCUT2D eigenvalue weighted by atomic mass is 16.9. The normalized spacial score (nSPS) is 11.9. The summed E-state index contributed by atoms with van der Waals surface area (Å²) in [6.07, 6.45) is 1.49. The predicted octanol–water partition coefficient (Wildman–Crippen LogP) is 0.811. The van der Waals surface area contributed by atoms with Gasteiger partial charge in [0.1, 0.15) is 12.4 Å². The molecule has 0 aliphatic carbocycles. The molecule has 0 aliphatic rings. The highest BCUT2D eigenvalue weighted by molar-refractivity contribution is 5.56. The van der Waals surface area contributed by atoms with E-state index in [-0.39, 0.29) is 6.54 Å². The maximum atomic E-state index is 5.81. The summed E-state index contributed by atoms with van der Waals surface area (Å²) in [6.45, 7) is 7.20. The van der Waals surface area contributed by atoms with Crippen molar-refractivity contribution >= 4 is 11.5 Å². The van der Waals surface area contributed by atoms with E-state index in [1.54, 1.807) is 0 Å². The number of nitrogens with zero attached hydrogens (tertiary/aromatic N) is 2. The number of anilines is 2. The second-order valence-electron chi connectivity index (χ2n) is 3.62. The summed E-state index contributed by atoms with van der Waals surface area (Å²) in [7, 11) is 0. The molecule has 0 aromatic carbocycles. The Morgan fingerprint density at radius 3 is 1.94 bits per heavy atom. The van der Waals surface area contributed by atoms with Gasteiger partial charge in [-0.1, -0.05) is 0 Å². The molecule has 0 unspecified atom stereocenters. The van der Waals surface area contributed by atoms with Crippen molar-refractivity contribution in [3.63, 3.8) is 0 Å². The van der Waals surface area contributed by atoms with Gasteiger partial charge in [0.05, 0.1) is 11.9 Å². The van der Waals surface area contributed by atoms with E-state index in [2.05, 4.69) is 5.10 Å². The molecule has 0 aliphatic heterocycles. The number of nitrogen functional groups attached to an aromatic ring is 2. The molecule has 1 aromatic heterocycles. The van der Waals surface area contributed by atoms with Gasteiger partial charge in [0.25, 0.3) is 0 Å².